The smallest absolute Gasteiger partial charge is 0.0609 e. The van der Waals surface area contributed by atoms with Crippen LogP contribution < -0.4 is 0 Å². The van der Waals surface area contributed by atoms with E-state index in [-0.39, 0.29) is 0 Å². The maximum absolute atomic E-state index is 5.74. The van der Waals surface area contributed by atoms with E-state index in [1.807, 2.05) is 0 Å². The summed E-state index contributed by atoms with van der Waals surface area (Å²) in [5.74, 6) is 2.63. The zero-order valence-corrected chi connectivity index (χ0v) is 7.55. The topological polar surface area (TPSA) is 9.23 Å². The van der Waals surface area contributed by atoms with Crippen LogP contribution in [0.15, 0.2) is 0 Å². The van der Waals surface area contributed by atoms with Crippen molar-refractivity contribution in [1.29, 1.82) is 0 Å². The minimum absolute atomic E-state index is 0.619. The van der Waals surface area contributed by atoms with Crippen LogP contribution >= 0.6 is 0 Å². The van der Waals surface area contributed by atoms with E-state index in [4.69, 9.17) is 4.74 Å². The van der Waals surface area contributed by atoms with Crippen LogP contribution in [-0.4, -0.2) is 12.7 Å². The van der Waals surface area contributed by atoms with Crippen molar-refractivity contribution in [1.82, 2.24) is 0 Å². The second-order valence-electron chi connectivity index (χ2n) is 4.43. The maximum Gasteiger partial charge on any atom is 0.0609 e. The molecule has 0 aromatic heterocycles. The Morgan fingerprint density at radius 2 is 2.00 bits per heavy atom. The zero-order chi connectivity index (χ0) is 7.84. The molecule has 2 rings (SSSR count). The summed E-state index contributed by atoms with van der Waals surface area (Å²) in [6, 6.07) is 0. The number of fused-ring (bicyclic) bond motifs is 1. The molecular weight excluding hydrogens is 136 g/mol. The van der Waals surface area contributed by atoms with Crippen LogP contribution in [0, 0.1) is 17.8 Å². The quantitative estimate of drug-likeness (QED) is 0.521. The first-order valence-corrected chi connectivity index (χ1v) is 4.89. The SMILES string of the molecule is CC1COC2C[C@H](C)CCC12. The van der Waals surface area contributed by atoms with Crippen molar-refractivity contribution in [2.45, 2.75) is 39.2 Å². The summed E-state index contributed by atoms with van der Waals surface area (Å²) in [6.07, 6.45) is 4.77. The van der Waals surface area contributed by atoms with E-state index in [0.717, 1.165) is 24.4 Å². The Bertz CT molecular complexity index is 144. The molecule has 4 atom stereocenters. The fraction of sp³-hybridized carbons (Fsp3) is 1.00. The molecule has 2 fully saturated rings. The van der Waals surface area contributed by atoms with Gasteiger partial charge in [0.15, 0.2) is 0 Å². The lowest BCUT2D eigenvalue weighted by Crippen LogP contribution is -2.27. The Kier molecular flexibility index (Phi) is 1.92. The lowest BCUT2D eigenvalue weighted by molar-refractivity contribution is 0.0494. The molecule has 64 valence electrons. The van der Waals surface area contributed by atoms with Gasteiger partial charge in [-0.1, -0.05) is 20.3 Å². The van der Waals surface area contributed by atoms with Crippen LogP contribution in [0.25, 0.3) is 0 Å². The van der Waals surface area contributed by atoms with Gasteiger partial charge in [-0.25, -0.2) is 0 Å². The Morgan fingerprint density at radius 1 is 1.18 bits per heavy atom. The van der Waals surface area contributed by atoms with Crippen molar-refractivity contribution in [2.24, 2.45) is 17.8 Å². The summed E-state index contributed by atoms with van der Waals surface area (Å²) >= 11 is 0. The highest BCUT2D eigenvalue weighted by molar-refractivity contribution is 4.86. The minimum atomic E-state index is 0.619. The van der Waals surface area contributed by atoms with Crippen molar-refractivity contribution in [3.05, 3.63) is 0 Å². The maximum atomic E-state index is 5.74. The van der Waals surface area contributed by atoms with Crippen LogP contribution in [-0.2, 0) is 4.74 Å². The molecule has 0 bridgehead atoms. The highest BCUT2D eigenvalue weighted by atomic mass is 16.5. The van der Waals surface area contributed by atoms with Crippen molar-refractivity contribution >= 4 is 0 Å². The Hall–Kier alpha value is -0.0400. The monoisotopic (exact) mass is 154 g/mol. The van der Waals surface area contributed by atoms with Gasteiger partial charge in [-0.15, -0.1) is 0 Å². The van der Waals surface area contributed by atoms with Crippen molar-refractivity contribution < 1.29 is 4.74 Å². The van der Waals surface area contributed by atoms with Gasteiger partial charge in [-0.3, -0.25) is 0 Å². The fourth-order valence-corrected chi connectivity index (χ4v) is 2.59. The van der Waals surface area contributed by atoms with E-state index in [1.54, 1.807) is 0 Å². The molecule has 1 saturated carbocycles. The van der Waals surface area contributed by atoms with E-state index in [1.165, 1.54) is 19.3 Å². The van der Waals surface area contributed by atoms with Gasteiger partial charge in [0.25, 0.3) is 0 Å². The zero-order valence-electron chi connectivity index (χ0n) is 7.55. The first-order chi connectivity index (χ1) is 5.27. The van der Waals surface area contributed by atoms with E-state index in [2.05, 4.69) is 13.8 Å². The molecule has 0 aromatic carbocycles. The van der Waals surface area contributed by atoms with Crippen LogP contribution in [0.1, 0.15) is 33.1 Å². The van der Waals surface area contributed by atoms with Crippen molar-refractivity contribution in [3.8, 4) is 0 Å². The van der Waals surface area contributed by atoms with E-state index in [0.29, 0.717) is 6.10 Å². The average Bonchev–Trinajstić information content (AvgIpc) is 2.32. The summed E-state index contributed by atoms with van der Waals surface area (Å²) in [5.41, 5.74) is 0. The molecule has 1 saturated heterocycles. The summed E-state index contributed by atoms with van der Waals surface area (Å²) < 4.78 is 5.74. The molecule has 11 heavy (non-hydrogen) atoms. The molecule has 1 nitrogen and oxygen atoms in total. The molecule has 3 unspecified atom stereocenters. The third kappa shape index (κ3) is 1.31. The summed E-state index contributed by atoms with van der Waals surface area (Å²) in [5, 5.41) is 0. The molecule has 1 heteroatoms. The van der Waals surface area contributed by atoms with Gasteiger partial charge in [-0.05, 0) is 30.6 Å². The predicted molar refractivity (Wildman–Crippen MR) is 45.4 cm³/mol. The highest BCUT2D eigenvalue weighted by Gasteiger charge is 2.37. The normalized spacial score (nSPS) is 50.7. The number of ether oxygens (including phenoxy) is 1. The number of hydrogen-bond donors (Lipinski definition) is 0. The van der Waals surface area contributed by atoms with E-state index >= 15 is 0 Å². The minimum Gasteiger partial charge on any atom is -0.378 e. The molecule has 0 radical (unpaired) electrons. The van der Waals surface area contributed by atoms with Crippen LogP contribution in [0.3, 0.4) is 0 Å². The Morgan fingerprint density at radius 3 is 2.82 bits per heavy atom. The molecule has 0 N–H and O–H groups in total. The summed E-state index contributed by atoms with van der Waals surface area (Å²) in [6.45, 7) is 5.70. The number of rotatable bonds is 0. The van der Waals surface area contributed by atoms with Gasteiger partial charge in [-0.2, -0.15) is 0 Å². The van der Waals surface area contributed by atoms with Crippen LogP contribution in [0.5, 0.6) is 0 Å². The van der Waals surface area contributed by atoms with E-state index < -0.39 is 0 Å². The largest absolute Gasteiger partial charge is 0.378 e. The lowest BCUT2D eigenvalue weighted by Gasteiger charge is -2.30. The van der Waals surface area contributed by atoms with Crippen molar-refractivity contribution in [2.75, 3.05) is 6.61 Å². The highest BCUT2D eigenvalue weighted by Crippen LogP contribution is 2.39. The second-order valence-corrected chi connectivity index (χ2v) is 4.43. The standard InChI is InChI=1S/C10H18O/c1-7-3-4-9-8(2)6-11-10(9)5-7/h7-10H,3-6H2,1-2H3/t7-,8?,9?,10?/m1/s1. The second kappa shape index (κ2) is 2.78. The van der Waals surface area contributed by atoms with Gasteiger partial charge >= 0.3 is 0 Å². The third-order valence-electron chi connectivity index (χ3n) is 3.41. The molecule has 1 aliphatic carbocycles. The van der Waals surface area contributed by atoms with Gasteiger partial charge < -0.3 is 4.74 Å². The van der Waals surface area contributed by atoms with Gasteiger partial charge in [0, 0.05) is 6.61 Å². The molecule has 2 aliphatic rings. The number of hydrogen-bond acceptors (Lipinski definition) is 1. The van der Waals surface area contributed by atoms with Gasteiger partial charge in [0.1, 0.15) is 0 Å². The molecule has 0 aromatic rings. The predicted octanol–water partition coefficient (Wildman–Crippen LogP) is 2.46. The lowest BCUT2D eigenvalue weighted by atomic mass is 9.77. The molecule has 1 heterocycles. The first-order valence-electron chi connectivity index (χ1n) is 4.89. The molecule has 0 spiro atoms. The van der Waals surface area contributed by atoms with Gasteiger partial charge in [0.05, 0.1) is 6.10 Å². The van der Waals surface area contributed by atoms with Crippen LogP contribution in [0.2, 0.25) is 0 Å². The molecule has 0 amide bonds. The Labute approximate surface area is 69.1 Å². The van der Waals surface area contributed by atoms with Crippen LogP contribution in [0.4, 0.5) is 0 Å². The fourth-order valence-electron chi connectivity index (χ4n) is 2.59. The third-order valence-corrected chi connectivity index (χ3v) is 3.41. The van der Waals surface area contributed by atoms with Gasteiger partial charge in [0.2, 0.25) is 0 Å². The first kappa shape index (κ1) is 7.60. The van der Waals surface area contributed by atoms with Crippen molar-refractivity contribution in [3.63, 3.8) is 0 Å². The molecule has 1 aliphatic heterocycles. The molecular formula is C10H18O. The Balaban J connectivity index is 2.00. The average molecular weight is 154 g/mol. The summed E-state index contributed by atoms with van der Waals surface area (Å²) in [4.78, 5) is 0. The summed E-state index contributed by atoms with van der Waals surface area (Å²) in [7, 11) is 0. The van der Waals surface area contributed by atoms with E-state index in [9.17, 15) is 0 Å².